The Labute approximate surface area is 135 Å². The molecule has 1 aromatic rings. The summed E-state index contributed by atoms with van der Waals surface area (Å²) in [6, 6.07) is 0.513. The molecule has 3 N–H and O–H groups in total. The van der Waals surface area contributed by atoms with Crippen LogP contribution in [0.25, 0.3) is 0 Å². The number of anilines is 2. The van der Waals surface area contributed by atoms with Crippen molar-refractivity contribution in [1.29, 1.82) is 0 Å². The Morgan fingerprint density at radius 1 is 1.29 bits per heavy atom. The Kier molecular flexibility index (Phi) is 5.81. The van der Waals surface area contributed by atoms with Crippen LogP contribution in [0.15, 0.2) is 4.90 Å². The topological polar surface area (TPSA) is 58.4 Å². The van der Waals surface area contributed by atoms with E-state index in [1.165, 1.54) is 49.9 Å². The number of hydrogen-bond acceptors (Lipinski definition) is 5. The Morgan fingerprint density at radius 2 is 1.90 bits per heavy atom. The van der Waals surface area contributed by atoms with E-state index in [2.05, 4.69) is 5.32 Å². The molecule has 4 nitrogen and oxygen atoms in total. The average Bonchev–Trinajstić information content (AvgIpc) is 2.64. The number of amides is 1. The average molecular weight is 328 g/mol. The first-order valence-corrected chi connectivity index (χ1v) is 9.53. The predicted molar refractivity (Wildman–Crippen MR) is 93.6 cm³/mol. The molecule has 1 aliphatic carbocycles. The number of nitrogens with two attached hydrogens (primary N) is 1. The van der Waals surface area contributed by atoms with Crippen molar-refractivity contribution in [2.75, 3.05) is 31.4 Å². The van der Waals surface area contributed by atoms with Gasteiger partial charge >= 0.3 is 0 Å². The Bertz CT molecular complexity index is 491. The summed E-state index contributed by atoms with van der Waals surface area (Å²) >= 11 is 3.12. The number of rotatable bonds is 4. The van der Waals surface area contributed by atoms with Crippen LogP contribution >= 0.6 is 23.1 Å². The molecule has 6 heteroatoms. The van der Waals surface area contributed by atoms with E-state index in [0.717, 1.165) is 9.90 Å². The second-order valence-corrected chi connectivity index (χ2v) is 7.58. The van der Waals surface area contributed by atoms with Gasteiger partial charge in [0, 0.05) is 20.1 Å². The summed E-state index contributed by atoms with van der Waals surface area (Å²) in [6.07, 6.45) is 9.69. The van der Waals surface area contributed by atoms with Gasteiger partial charge in [0.05, 0.1) is 10.6 Å². The maximum Gasteiger partial charge on any atom is 0.265 e. The van der Waals surface area contributed by atoms with Gasteiger partial charge in [-0.1, -0.05) is 25.7 Å². The van der Waals surface area contributed by atoms with Gasteiger partial charge in [0.2, 0.25) is 0 Å². The first-order chi connectivity index (χ1) is 10.0. The SMILES string of the molecule is CSc1c(NC2CCCCCC2)sc(C(=O)N(C)C)c1N. The highest BCUT2D eigenvalue weighted by molar-refractivity contribution is 7.99. The molecule has 1 aromatic heterocycles. The monoisotopic (exact) mass is 327 g/mol. The summed E-state index contributed by atoms with van der Waals surface area (Å²) < 4.78 is 0. The maximum atomic E-state index is 12.2. The minimum atomic E-state index is -0.0123. The zero-order valence-electron chi connectivity index (χ0n) is 13.1. The predicted octanol–water partition coefficient (Wildman–Crippen LogP) is 3.89. The molecule has 0 spiro atoms. The van der Waals surface area contributed by atoms with Crippen LogP contribution in [0.5, 0.6) is 0 Å². The second-order valence-electron chi connectivity index (χ2n) is 5.74. The van der Waals surface area contributed by atoms with Crippen LogP contribution in [-0.4, -0.2) is 37.2 Å². The normalized spacial score (nSPS) is 16.5. The highest BCUT2D eigenvalue weighted by Crippen LogP contribution is 2.43. The van der Waals surface area contributed by atoms with Crippen molar-refractivity contribution in [1.82, 2.24) is 4.90 Å². The summed E-state index contributed by atoms with van der Waals surface area (Å²) in [7, 11) is 3.53. The highest BCUT2D eigenvalue weighted by Gasteiger charge is 2.23. The van der Waals surface area contributed by atoms with E-state index in [1.54, 1.807) is 30.8 Å². The van der Waals surface area contributed by atoms with E-state index in [4.69, 9.17) is 5.73 Å². The molecule has 0 bridgehead atoms. The van der Waals surface area contributed by atoms with E-state index in [1.807, 2.05) is 6.26 Å². The van der Waals surface area contributed by atoms with Crippen LogP contribution in [-0.2, 0) is 0 Å². The molecule has 0 atom stereocenters. The van der Waals surface area contributed by atoms with Crippen LogP contribution in [0.1, 0.15) is 48.2 Å². The molecule has 21 heavy (non-hydrogen) atoms. The number of thiophene rings is 1. The van der Waals surface area contributed by atoms with Gasteiger partial charge in [0.15, 0.2) is 0 Å². The van der Waals surface area contributed by atoms with Crippen molar-refractivity contribution in [3.8, 4) is 0 Å². The number of carbonyl (C=O) groups excluding carboxylic acids is 1. The van der Waals surface area contributed by atoms with Gasteiger partial charge in [-0.05, 0) is 19.1 Å². The molecule has 2 rings (SSSR count). The molecular formula is C15H25N3OS2. The molecule has 0 aromatic carbocycles. The smallest absolute Gasteiger partial charge is 0.265 e. The molecule has 1 fully saturated rings. The van der Waals surface area contributed by atoms with Crippen LogP contribution in [0.2, 0.25) is 0 Å². The third-order valence-electron chi connectivity index (χ3n) is 3.89. The summed E-state index contributed by atoms with van der Waals surface area (Å²) in [5.41, 5.74) is 6.82. The summed E-state index contributed by atoms with van der Waals surface area (Å²) in [5.74, 6) is -0.0123. The van der Waals surface area contributed by atoms with E-state index >= 15 is 0 Å². The first kappa shape index (κ1) is 16.5. The Hall–Kier alpha value is -0.880. The quantitative estimate of drug-likeness (QED) is 0.651. The zero-order valence-corrected chi connectivity index (χ0v) is 14.7. The lowest BCUT2D eigenvalue weighted by Crippen LogP contribution is -2.21. The van der Waals surface area contributed by atoms with Gasteiger partial charge in [-0.2, -0.15) is 0 Å². The minimum absolute atomic E-state index is 0.0123. The lowest BCUT2D eigenvalue weighted by molar-refractivity contribution is 0.0833. The number of nitrogens with one attached hydrogen (secondary N) is 1. The number of nitrogens with zero attached hydrogens (tertiary/aromatic N) is 1. The van der Waals surface area contributed by atoms with Crippen molar-refractivity contribution < 1.29 is 4.79 Å². The number of hydrogen-bond donors (Lipinski definition) is 2. The molecule has 1 saturated carbocycles. The Balaban J connectivity index is 2.22. The molecule has 0 saturated heterocycles. The number of carbonyl (C=O) groups is 1. The van der Waals surface area contributed by atoms with Gasteiger partial charge in [-0.25, -0.2) is 0 Å². The fourth-order valence-corrected chi connectivity index (χ4v) is 4.82. The molecular weight excluding hydrogens is 302 g/mol. The lowest BCUT2D eigenvalue weighted by atomic mass is 10.1. The van der Waals surface area contributed by atoms with Crippen molar-refractivity contribution in [3.63, 3.8) is 0 Å². The van der Waals surface area contributed by atoms with Gasteiger partial charge in [-0.15, -0.1) is 23.1 Å². The third-order valence-corrected chi connectivity index (χ3v) is 5.98. The van der Waals surface area contributed by atoms with E-state index < -0.39 is 0 Å². The van der Waals surface area contributed by atoms with Gasteiger partial charge < -0.3 is 16.0 Å². The summed E-state index contributed by atoms with van der Waals surface area (Å²) in [4.78, 5) is 15.5. The van der Waals surface area contributed by atoms with Crippen LogP contribution < -0.4 is 11.1 Å². The van der Waals surface area contributed by atoms with Crippen molar-refractivity contribution in [3.05, 3.63) is 4.88 Å². The molecule has 118 valence electrons. The number of nitrogen functional groups attached to an aromatic ring is 1. The molecule has 1 aliphatic rings. The molecule has 0 radical (unpaired) electrons. The number of thioether (sulfide) groups is 1. The lowest BCUT2D eigenvalue weighted by Gasteiger charge is -2.17. The van der Waals surface area contributed by atoms with Crippen molar-refractivity contribution in [2.24, 2.45) is 0 Å². The molecule has 0 aliphatic heterocycles. The largest absolute Gasteiger partial charge is 0.396 e. The zero-order chi connectivity index (χ0) is 15.4. The van der Waals surface area contributed by atoms with E-state index in [9.17, 15) is 4.79 Å². The van der Waals surface area contributed by atoms with Gasteiger partial charge in [0.1, 0.15) is 9.88 Å². The van der Waals surface area contributed by atoms with Crippen molar-refractivity contribution >= 4 is 39.7 Å². The minimum Gasteiger partial charge on any atom is -0.396 e. The van der Waals surface area contributed by atoms with E-state index in [0.29, 0.717) is 16.6 Å². The summed E-state index contributed by atoms with van der Waals surface area (Å²) in [6.45, 7) is 0. The fourth-order valence-electron chi connectivity index (χ4n) is 2.70. The Morgan fingerprint density at radius 3 is 2.43 bits per heavy atom. The van der Waals surface area contributed by atoms with Gasteiger partial charge in [0.25, 0.3) is 5.91 Å². The van der Waals surface area contributed by atoms with E-state index in [-0.39, 0.29) is 5.91 Å². The molecule has 1 amide bonds. The first-order valence-electron chi connectivity index (χ1n) is 7.49. The van der Waals surface area contributed by atoms with Crippen LogP contribution in [0.4, 0.5) is 10.7 Å². The maximum absolute atomic E-state index is 12.2. The van der Waals surface area contributed by atoms with Crippen molar-refractivity contribution in [2.45, 2.75) is 49.5 Å². The standard InChI is InChI=1S/C15H25N3OS2/c1-18(2)15(19)13-11(16)12(20-3)14(21-13)17-10-8-6-4-5-7-9-10/h10,17H,4-9,16H2,1-3H3. The summed E-state index contributed by atoms with van der Waals surface area (Å²) in [5, 5.41) is 4.71. The highest BCUT2D eigenvalue weighted by atomic mass is 32.2. The van der Waals surface area contributed by atoms with Crippen LogP contribution in [0, 0.1) is 0 Å². The van der Waals surface area contributed by atoms with Gasteiger partial charge in [-0.3, -0.25) is 4.79 Å². The third kappa shape index (κ3) is 3.86. The molecule has 0 unspecified atom stereocenters. The second kappa shape index (κ2) is 7.40. The molecule has 1 heterocycles. The fraction of sp³-hybridized carbons (Fsp3) is 0.667. The van der Waals surface area contributed by atoms with Crippen LogP contribution in [0.3, 0.4) is 0 Å².